The summed E-state index contributed by atoms with van der Waals surface area (Å²) in [7, 11) is 0. The summed E-state index contributed by atoms with van der Waals surface area (Å²) in [6.45, 7) is 3.78. The molecule has 0 saturated heterocycles. The third-order valence-electron chi connectivity index (χ3n) is 8.05. The highest BCUT2D eigenvalue weighted by Crippen LogP contribution is 2.51. The Balaban J connectivity index is 1.81. The number of halogens is 1. The average Bonchev–Trinajstić information content (AvgIpc) is 2.77. The molecule has 5 N–H and O–H groups in total. The van der Waals surface area contributed by atoms with E-state index in [-0.39, 0.29) is 17.7 Å². The summed E-state index contributed by atoms with van der Waals surface area (Å²) < 4.78 is 0. The van der Waals surface area contributed by atoms with E-state index >= 15 is 0 Å². The second kappa shape index (κ2) is 8.50. The molecule has 188 valence electrons. The molecule has 0 aromatic heterocycles. The first-order chi connectivity index (χ1) is 16.3. The van der Waals surface area contributed by atoms with Crippen LogP contribution in [0, 0.1) is 23.7 Å². The topological polar surface area (TPSA) is 172 Å². The molecule has 1 amide bonds. The number of fused-ring (bicyclic) bond motifs is 3. The second-order valence-electron chi connectivity index (χ2n) is 10.5. The zero-order valence-corrected chi connectivity index (χ0v) is 20.2. The van der Waals surface area contributed by atoms with Gasteiger partial charge in [-0.15, -0.1) is 11.6 Å². The molecule has 9 nitrogen and oxygen atoms in total. The largest absolute Gasteiger partial charge is 0.507 e. The number of benzene rings is 1. The maximum Gasteiger partial charge on any atom is 0.235 e. The van der Waals surface area contributed by atoms with Crippen molar-refractivity contribution < 1.29 is 39.3 Å². The molecule has 2 unspecified atom stereocenters. The monoisotopic (exact) mass is 505 g/mol. The number of nitrogens with two attached hydrogens (primary N) is 1. The number of hydrogen-bond donors (Lipinski definition) is 4. The van der Waals surface area contributed by atoms with Gasteiger partial charge in [0.1, 0.15) is 5.75 Å². The molecular weight excluding hydrogens is 478 g/mol. The van der Waals surface area contributed by atoms with E-state index in [0.29, 0.717) is 29.8 Å². The van der Waals surface area contributed by atoms with E-state index in [0.717, 1.165) is 0 Å². The first kappa shape index (κ1) is 25.5. The predicted octanol–water partition coefficient (Wildman–Crippen LogP) is 0.594. The van der Waals surface area contributed by atoms with Crippen LogP contribution >= 0.6 is 11.6 Å². The van der Waals surface area contributed by atoms with E-state index in [2.05, 4.69) is 0 Å². The quantitative estimate of drug-likeness (QED) is 0.332. The minimum atomic E-state index is -2.91. The molecule has 0 aliphatic heterocycles. The first-order valence-electron chi connectivity index (χ1n) is 11.6. The van der Waals surface area contributed by atoms with Crippen LogP contribution in [-0.2, 0) is 31.0 Å². The van der Waals surface area contributed by atoms with Gasteiger partial charge in [0, 0.05) is 29.7 Å². The number of rotatable bonds is 5. The number of aliphatic hydroxyl groups excluding tert-OH is 1. The Kier molecular flexibility index (Phi) is 6.18. The fourth-order valence-corrected chi connectivity index (χ4v) is 6.28. The lowest BCUT2D eigenvalue weighted by molar-refractivity contribution is -0.188. The van der Waals surface area contributed by atoms with Crippen LogP contribution in [0.5, 0.6) is 5.75 Å². The van der Waals surface area contributed by atoms with E-state index in [4.69, 9.17) is 17.3 Å². The number of primary amides is 1. The van der Waals surface area contributed by atoms with Crippen molar-refractivity contribution in [3.8, 4) is 5.75 Å². The van der Waals surface area contributed by atoms with Gasteiger partial charge in [0.05, 0.1) is 17.6 Å². The standard InChI is InChI=1S/C25H28ClNO8/c1-24(2,6-3-7-26)12-5-4-10-8-11-16(20(31)15(10)19(12)30)21(32)25(35)13(18(11)29)9-14(28)17(22(25)33)23(27)34/h4-5,11,13,16-18,29-30,35H,3,6-9H2,1-2H3,(H2,27,34)/t11-,13-,16?,17?,18+,25+/m1/s1. The summed E-state index contributed by atoms with van der Waals surface area (Å²) in [5, 5.41) is 33.4. The molecule has 2 saturated carbocycles. The highest BCUT2D eigenvalue weighted by molar-refractivity contribution is 6.31. The molecule has 0 bridgehead atoms. The van der Waals surface area contributed by atoms with Crippen LogP contribution < -0.4 is 5.73 Å². The summed E-state index contributed by atoms with van der Waals surface area (Å²) in [4.78, 5) is 64.3. The van der Waals surface area contributed by atoms with Gasteiger partial charge in [-0.05, 0) is 30.2 Å². The lowest BCUT2D eigenvalue weighted by Gasteiger charge is -2.51. The maximum atomic E-state index is 13.6. The molecule has 35 heavy (non-hydrogen) atoms. The Morgan fingerprint density at radius 2 is 1.83 bits per heavy atom. The molecule has 2 fully saturated rings. The summed E-state index contributed by atoms with van der Waals surface area (Å²) in [6.07, 6.45) is -0.845. The highest BCUT2D eigenvalue weighted by atomic mass is 35.5. The van der Waals surface area contributed by atoms with Crippen LogP contribution in [-0.4, -0.2) is 61.9 Å². The summed E-state index contributed by atoms with van der Waals surface area (Å²) in [6, 6.07) is 3.37. The SMILES string of the molecule is CC(C)(CCCCl)c1ccc2c(c1O)C(=O)C1C(=O)[C@]3(O)C(=O)C(C(N)=O)C(=O)C[C@@H]3[C@@H](O)[C@@H]1C2. The molecule has 0 radical (unpaired) electrons. The van der Waals surface area contributed by atoms with Crippen LogP contribution in [0.4, 0.5) is 0 Å². The number of aromatic hydroxyl groups is 1. The third kappa shape index (κ3) is 3.55. The van der Waals surface area contributed by atoms with Crippen LogP contribution in [0.1, 0.15) is 54.6 Å². The number of phenolic OH excluding ortho intramolecular Hbond substituents is 1. The smallest absolute Gasteiger partial charge is 0.235 e. The Morgan fingerprint density at radius 1 is 1.17 bits per heavy atom. The van der Waals surface area contributed by atoms with Crippen LogP contribution in [0.3, 0.4) is 0 Å². The van der Waals surface area contributed by atoms with Crippen molar-refractivity contribution in [3.63, 3.8) is 0 Å². The number of phenols is 1. The number of carbonyl (C=O) groups excluding carboxylic acids is 5. The second-order valence-corrected chi connectivity index (χ2v) is 10.9. The van der Waals surface area contributed by atoms with Crippen molar-refractivity contribution in [1.29, 1.82) is 0 Å². The number of ketones is 4. The highest BCUT2D eigenvalue weighted by Gasteiger charge is 2.69. The van der Waals surface area contributed by atoms with Gasteiger partial charge >= 0.3 is 0 Å². The van der Waals surface area contributed by atoms with E-state index in [1.165, 1.54) is 0 Å². The molecule has 1 aromatic rings. The molecule has 6 atom stereocenters. The Bertz CT molecular complexity index is 1160. The number of carbonyl (C=O) groups is 5. The minimum absolute atomic E-state index is 0.0167. The molecule has 10 heteroatoms. The van der Waals surface area contributed by atoms with Gasteiger partial charge in [-0.1, -0.05) is 26.0 Å². The van der Waals surface area contributed by atoms with Gasteiger partial charge in [0.2, 0.25) is 5.91 Å². The van der Waals surface area contributed by atoms with Gasteiger partial charge in [0.15, 0.2) is 34.7 Å². The molecule has 4 rings (SSSR count). The third-order valence-corrected chi connectivity index (χ3v) is 8.32. The van der Waals surface area contributed by atoms with Crippen LogP contribution in [0.25, 0.3) is 0 Å². The van der Waals surface area contributed by atoms with Crippen molar-refractivity contribution in [1.82, 2.24) is 0 Å². The fraction of sp³-hybridized carbons (Fsp3) is 0.560. The Hall–Kier alpha value is -2.62. The fourth-order valence-electron chi connectivity index (χ4n) is 6.15. The van der Waals surface area contributed by atoms with Gasteiger partial charge in [0.25, 0.3) is 0 Å². The van der Waals surface area contributed by atoms with Crippen molar-refractivity contribution in [3.05, 3.63) is 28.8 Å². The molecule has 0 heterocycles. The van der Waals surface area contributed by atoms with E-state index in [9.17, 15) is 39.3 Å². The lowest BCUT2D eigenvalue weighted by Crippen LogP contribution is -2.72. The Labute approximate surface area is 206 Å². The predicted molar refractivity (Wildman–Crippen MR) is 123 cm³/mol. The van der Waals surface area contributed by atoms with Crippen molar-refractivity contribution in [2.75, 3.05) is 5.88 Å². The summed E-state index contributed by atoms with van der Waals surface area (Å²) in [5.74, 6) is -11.6. The number of Topliss-reactive ketones (excluding diaryl/α,β-unsaturated/α-hetero) is 4. The lowest BCUT2D eigenvalue weighted by atomic mass is 9.52. The van der Waals surface area contributed by atoms with Gasteiger partial charge in [-0.25, -0.2) is 0 Å². The number of amides is 1. The van der Waals surface area contributed by atoms with E-state index in [1.807, 2.05) is 13.8 Å². The molecule has 3 aliphatic rings. The van der Waals surface area contributed by atoms with Gasteiger partial charge < -0.3 is 21.1 Å². The molecule has 1 aromatic carbocycles. The van der Waals surface area contributed by atoms with Crippen LogP contribution in [0.2, 0.25) is 0 Å². The van der Waals surface area contributed by atoms with E-state index in [1.54, 1.807) is 12.1 Å². The summed E-state index contributed by atoms with van der Waals surface area (Å²) >= 11 is 5.82. The van der Waals surface area contributed by atoms with E-state index < -0.39 is 76.3 Å². The maximum absolute atomic E-state index is 13.6. The Morgan fingerprint density at radius 3 is 2.43 bits per heavy atom. The number of hydrogen-bond acceptors (Lipinski definition) is 8. The zero-order chi connectivity index (χ0) is 26.0. The van der Waals surface area contributed by atoms with Crippen LogP contribution in [0.15, 0.2) is 12.1 Å². The number of alkyl halides is 1. The van der Waals surface area contributed by atoms with Crippen molar-refractivity contribution >= 4 is 40.6 Å². The average molecular weight is 506 g/mol. The normalized spacial score (nSPS) is 32.7. The van der Waals surface area contributed by atoms with Gasteiger partial charge in [-0.3, -0.25) is 24.0 Å². The minimum Gasteiger partial charge on any atom is -0.507 e. The molecular formula is C25H28ClNO8. The number of aliphatic hydroxyl groups is 2. The van der Waals surface area contributed by atoms with Crippen molar-refractivity contribution in [2.45, 2.75) is 56.7 Å². The van der Waals surface area contributed by atoms with Gasteiger partial charge in [-0.2, -0.15) is 0 Å². The molecule has 0 spiro atoms. The van der Waals surface area contributed by atoms with Crippen molar-refractivity contribution in [2.24, 2.45) is 29.4 Å². The molecule has 3 aliphatic carbocycles. The first-order valence-corrected chi connectivity index (χ1v) is 12.1. The summed E-state index contributed by atoms with van der Waals surface area (Å²) in [5.41, 5.74) is 2.54. The zero-order valence-electron chi connectivity index (χ0n) is 19.4.